The smallest absolute Gasteiger partial charge is 0.326 e. The monoisotopic (exact) mass is 618 g/mol. The summed E-state index contributed by atoms with van der Waals surface area (Å²) >= 11 is 0. The predicted molar refractivity (Wildman–Crippen MR) is 172 cm³/mol. The highest BCUT2D eigenvalue weighted by atomic mass is 19.1. The van der Waals surface area contributed by atoms with E-state index in [1.54, 1.807) is 18.2 Å². The molecule has 1 saturated heterocycles. The van der Waals surface area contributed by atoms with Crippen LogP contribution in [0.5, 0.6) is 11.5 Å². The van der Waals surface area contributed by atoms with Gasteiger partial charge in [-0.15, -0.1) is 13.2 Å². The number of fused-ring (bicyclic) bond motifs is 1. The zero-order valence-electron chi connectivity index (χ0n) is 25.7. The van der Waals surface area contributed by atoms with Crippen LogP contribution in [0.4, 0.5) is 4.39 Å². The molecule has 8 nitrogen and oxygen atoms in total. The fourth-order valence-corrected chi connectivity index (χ4v) is 5.84. The Bertz CT molecular complexity index is 1390. The number of benzene rings is 2. The molecule has 240 valence electrons. The van der Waals surface area contributed by atoms with E-state index in [2.05, 4.69) is 18.5 Å². The maximum atomic E-state index is 13.4. The number of aliphatic carboxylic acids is 1. The average Bonchev–Trinajstić information content (AvgIpc) is 3.63. The Balaban J connectivity index is 1.39. The number of hydrogen-bond donors (Lipinski definition) is 2. The zero-order chi connectivity index (χ0) is 32.2. The van der Waals surface area contributed by atoms with Gasteiger partial charge in [-0.2, -0.15) is 0 Å². The number of carbonyl (C=O) groups excluding carboxylic acids is 2. The van der Waals surface area contributed by atoms with Crippen molar-refractivity contribution >= 4 is 23.9 Å². The Hall–Kier alpha value is -4.24. The van der Waals surface area contributed by atoms with Gasteiger partial charge in [-0.1, -0.05) is 30.7 Å². The molecule has 1 saturated carbocycles. The fraction of sp³-hybridized carbons (Fsp3) is 0.417. The van der Waals surface area contributed by atoms with Gasteiger partial charge >= 0.3 is 5.97 Å². The minimum Gasteiger partial charge on any atom is -0.480 e. The summed E-state index contributed by atoms with van der Waals surface area (Å²) in [4.78, 5) is 39.8. The van der Waals surface area contributed by atoms with Crippen molar-refractivity contribution in [3.8, 4) is 11.5 Å². The van der Waals surface area contributed by atoms with Gasteiger partial charge in [0, 0.05) is 29.2 Å². The molecular weight excluding hydrogens is 575 g/mol. The van der Waals surface area contributed by atoms with Crippen LogP contribution in [0.3, 0.4) is 0 Å². The summed E-state index contributed by atoms with van der Waals surface area (Å²) in [5, 5.41) is 12.5. The number of amides is 2. The maximum absolute atomic E-state index is 13.4. The molecule has 3 atom stereocenters. The van der Waals surface area contributed by atoms with Crippen LogP contribution in [-0.4, -0.2) is 59.6 Å². The third kappa shape index (κ3) is 9.14. The summed E-state index contributed by atoms with van der Waals surface area (Å²) in [6.45, 7) is 8.10. The topological polar surface area (TPSA) is 105 Å². The molecule has 1 heterocycles. The van der Waals surface area contributed by atoms with Crippen LogP contribution in [0.2, 0.25) is 0 Å². The van der Waals surface area contributed by atoms with Gasteiger partial charge in [0.05, 0.1) is 13.2 Å². The first-order valence-electron chi connectivity index (χ1n) is 15.6. The Labute approximate surface area is 264 Å². The van der Waals surface area contributed by atoms with Gasteiger partial charge < -0.3 is 24.8 Å². The first kappa shape index (κ1) is 33.6. The van der Waals surface area contributed by atoms with Crippen molar-refractivity contribution in [3.05, 3.63) is 90.8 Å². The number of hydrogen-bond acceptors (Lipinski definition) is 5. The molecule has 0 unspecified atom stereocenters. The van der Waals surface area contributed by atoms with E-state index < -0.39 is 23.8 Å². The molecule has 2 aliphatic rings. The lowest BCUT2D eigenvalue weighted by Gasteiger charge is -2.24. The van der Waals surface area contributed by atoms with Crippen LogP contribution >= 0.6 is 0 Å². The van der Waals surface area contributed by atoms with E-state index in [1.807, 2.05) is 24.3 Å². The molecule has 0 bridgehead atoms. The molecule has 2 aromatic carbocycles. The lowest BCUT2D eigenvalue weighted by atomic mass is 10.0. The van der Waals surface area contributed by atoms with Gasteiger partial charge in [0.15, 0.2) is 0 Å². The fourth-order valence-electron chi connectivity index (χ4n) is 5.84. The molecule has 2 aromatic rings. The van der Waals surface area contributed by atoms with E-state index in [1.165, 1.54) is 29.2 Å². The van der Waals surface area contributed by atoms with Gasteiger partial charge in [0.1, 0.15) is 23.4 Å². The molecule has 1 aliphatic heterocycles. The molecule has 0 aromatic heterocycles. The Kier molecular flexibility index (Phi) is 12.1. The number of carboxylic acids is 1. The van der Waals surface area contributed by atoms with Gasteiger partial charge in [-0.3, -0.25) is 9.59 Å². The van der Waals surface area contributed by atoms with Crippen molar-refractivity contribution in [1.82, 2.24) is 10.2 Å². The van der Waals surface area contributed by atoms with Crippen LogP contribution in [0.25, 0.3) is 6.08 Å². The zero-order valence-corrected chi connectivity index (χ0v) is 25.7. The van der Waals surface area contributed by atoms with Gasteiger partial charge in [-0.25, -0.2) is 9.18 Å². The standard InChI is InChI=1S/C36H43FN2O6/c1-3-5-7-8-9-10-11-13-26-21-27(14-19-31(26)45-29-17-15-28(37)16-18-29)34(41)38-24-33(40)39-30(35(42)43)22-36(23-32(36)39)25-44-20-12-6-4-2/h3-4,11,13-19,21,30,32H,1-2,5-10,12,20,22-25H2,(H,38,41)(H,42,43)/b13-11-/t30-,32-,36+/m0/s1. The Morgan fingerprint density at radius 1 is 1.00 bits per heavy atom. The van der Waals surface area contributed by atoms with Gasteiger partial charge in [0.25, 0.3) is 5.91 Å². The summed E-state index contributed by atoms with van der Waals surface area (Å²) in [7, 11) is 0. The summed E-state index contributed by atoms with van der Waals surface area (Å²) in [6, 6.07) is 9.46. The van der Waals surface area contributed by atoms with Gasteiger partial charge in [-0.05, 0) is 93.8 Å². The quantitative estimate of drug-likeness (QED) is 0.131. The van der Waals surface area contributed by atoms with Crippen molar-refractivity contribution in [2.75, 3.05) is 19.8 Å². The van der Waals surface area contributed by atoms with E-state index in [0.717, 1.165) is 44.9 Å². The van der Waals surface area contributed by atoms with Crippen molar-refractivity contribution in [2.24, 2.45) is 5.41 Å². The van der Waals surface area contributed by atoms with Crippen LogP contribution in [0.1, 0.15) is 73.7 Å². The second kappa shape index (κ2) is 16.2. The lowest BCUT2D eigenvalue weighted by molar-refractivity contribution is -0.149. The third-order valence-corrected chi connectivity index (χ3v) is 8.37. The highest BCUT2D eigenvalue weighted by Crippen LogP contribution is 2.59. The van der Waals surface area contributed by atoms with Crippen molar-refractivity contribution in [2.45, 2.75) is 69.9 Å². The number of nitrogens with zero attached hydrogens (tertiary/aromatic N) is 1. The van der Waals surface area contributed by atoms with Crippen LogP contribution < -0.4 is 10.1 Å². The van der Waals surface area contributed by atoms with Crippen molar-refractivity contribution in [3.63, 3.8) is 0 Å². The van der Waals surface area contributed by atoms with Crippen LogP contribution in [0, 0.1) is 11.2 Å². The maximum Gasteiger partial charge on any atom is 0.326 e. The lowest BCUT2D eigenvalue weighted by Crippen LogP contribution is -2.47. The first-order chi connectivity index (χ1) is 21.8. The normalized spacial score (nSPS) is 20.1. The van der Waals surface area contributed by atoms with E-state index in [-0.39, 0.29) is 23.8 Å². The Morgan fingerprint density at radius 3 is 2.47 bits per heavy atom. The molecule has 0 radical (unpaired) electrons. The number of rotatable bonds is 19. The Morgan fingerprint density at radius 2 is 1.73 bits per heavy atom. The average molecular weight is 619 g/mol. The van der Waals surface area contributed by atoms with E-state index in [9.17, 15) is 23.9 Å². The molecule has 2 amide bonds. The number of halogens is 1. The molecule has 2 N–H and O–H groups in total. The van der Waals surface area contributed by atoms with E-state index in [0.29, 0.717) is 48.7 Å². The number of allylic oxidation sites excluding steroid dienone is 3. The number of piperidine rings is 1. The molecule has 0 spiro atoms. The number of nitrogens with one attached hydrogen (secondary N) is 1. The van der Waals surface area contributed by atoms with Crippen molar-refractivity contribution in [1.29, 1.82) is 0 Å². The SMILES string of the molecule is C=CCCCCC/C=C\c1cc(C(=O)NCC(=O)N2[C@H]3C[C@@]3(COCCCC=C)C[C@H]2C(=O)O)ccc1Oc1ccc(F)cc1. The number of likely N-dealkylation sites (tertiary alicyclic amines) is 1. The first-order valence-corrected chi connectivity index (χ1v) is 15.6. The number of carboxylic acid groups (broad SMARTS) is 1. The summed E-state index contributed by atoms with van der Waals surface area (Å²) in [5.74, 6) is -1.37. The summed E-state index contributed by atoms with van der Waals surface area (Å²) < 4.78 is 25.2. The van der Waals surface area contributed by atoms with Crippen LogP contribution in [0.15, 0.2) is 73.9 Å². The largest absolute Gasteiger partial charge is 0.480 e. The molecule has 9 heteroatoms. The van der Waals surface area contributed by atoms with Gasteiger partial charge in [0.2, 0.25) is 5.91 Å². The molecule has 1 aliphatic carbocycles. The number of ether oxygens (including phenoxy) is 2. The molecule has 4 rings (SSSR count). The molecule has 2 fully saturated rings. The van der Waals surface area contributed by atoms with E-state index >= 15 is 0 Å². The highest BCUT2D eigenvalue weighted by molar-refractivity contribution is 5.98. The van der Waals surface area contributed by atoms with Crippen molar-refractivity contribution < 1.29 is 33.4 Å². The minimum absolute atomic E-state index is 0.209. The molecule has 45 heavy (non-hydrogen) atoms. The summed E-state index contributed by atoms with van der Waals surface area (Å²) in [5.41, 5.74) is 0.639. The second-order valence-corrected chi connectivity index (χ2v) is 11.7. The summed E-state index contributed by atoms with van der Waals surface area (Å²) in [6.07, 6.45) is 15.4. The van der Waals surface area contributed by atoms with E-state index in [4.69, 9.17) is 9.47 Å². The number of carbonyl (C=O) groups is 3. The highest BCUT2D eigenvalue weighted by Gasteiger charge is 2.67. The second-order valence-electron chi connectivity index (χ2n) is 11.7. The molecular formula is C36H43FN2O6. The third-order valence-electron chi connectivity index (χ3n) is 8.37. The number of unbranched alkanes of at least 4 members (excludes halogenated alkanes) is 5. The minimum atomic E-state index is -1.05. The van der Waals surface area contributed by atoms with Crippen LogP contribution in [-0.2, 0) is 14.3 Å². The predicted octanol–water partition coefficient (Wildman–Crippen LogP) is 6.92.